The molecule has 2 aliphatic carbocycles. The standard InChI is InChI=1S/C33H42N2O6S2/c1-22-6-10-24(11-7-22)31(36)35(29-20-27(18-19-33(2,3)4)42-30(29)32(37)38)26-14-12-25(13-15-26)34-41-21-23-8-16-28(17-9-23)43(5,39)40/h8-9,16-17,20,22,24,26H,6-7,10-15,21H2,1-5H3,(H,37,38)/t22-,24-,26?. The highest BCUT2D eigenvalue weighted by molar-refractivity contribution is 7.90. The van der Waals surface area contributed by atoms with Crippen LogP contribution < -0.4 is 4.90 Å². The molecule has 2 fully saturated rings. The molecular formula is C33H42N2O6S2. The second kappa shape index (κ2) is 13.6. The maximum atomic E-state index is 14.1. The summed E-state index contributed by atoms with van der Waals surface area (Å²) in [5, 5.41) is 14.5. The zero-order valence-corrected chi connectivity index (χ0v) is 27.3. The number of benzene rings is 1. The average Bonchev–Trinajstić information content (AvgIpc) is 3.37. The van der Waals surface area contributed by atoms with Crippen molar-refractivity contribution in [2.75, 3.05) is 11.2 Å². The van der Waals surface area contributed by atoms with Crippen molar-refractivity contribution in [2.24, 2.45) is 22.4 Å². The number of sulfone groups is 1. The van der Waals surface area contributed by atoms with Crippen LogP contribution in [0.2, 0.25) is 0 Å². The zero-order valence-electron chi connectivity index (χ0n) is 25.7. The van der Waals surface area contributed by atoms with Gasteiger partial charge in [-0.25, -0.2) is 13.2 Å². The van der Waals surface area contributed by atoms with Gasteiger partial charge in [-0.05, 0) is 102 Å². The first-order valence-corrected chi connectivity index (χ1v) is 17.6. The molecule has 10 heteroatoms. The molecule has 2 saturated carbocycles. The number of carbonyl (C=O) groups excluding carboxylic acids is 1. The summed E-state index contributed by atoms with van der Waals surface area (Å²) in [6.07, 6.45) is 7.37. The highest BCUT2D eigenvalue weighted by atomic mass is 32.2. The number of carboxylic acids is 1. The predicted octanol–water partition coefficient (Wildman–Crippen LogP) is 6.92. The van der Waals surface area contributed by atoms with Gasteiger partial charge in [0, 0.05) is 23.6 Å². The molecule has 1 aromatic carbocycles. The first-order chi connectivity index (χ1) is 20.2. The number of carbonyl (C=O) groups is 2. The molecule has 232 valence electrons. The second-order valence-electron chi connectivity index (χ2n) is 12.9. The molecule has 0 radical (unpaired) electrons. The quantitative estimate of drug-likeness (QED) is 0.251. The van der Waals surface area contributed by atoms with Crippen molar-refractivity contribution in [2.45, 2.75) is 96.6 Å². The van der Waals surface area contributed by atoms with Gasteiger partial charge >= 0.3 is 5.97 Å². The Labute approximate surface area is 259 Å². The molecule has 4 rings (SSSR count). The molecule has 0 aliphatic heterocycles. The summed E-state index contributed by atoms with van der Waals surface area (Å²) in [4.78, 5) is 34.9. The van der Waals surface area contributed by atoms with E-state index in [2.05, 4.69) is 23.9 Å². The Hall–Kier alpha value is -3.16. The number of nitrogens with zero attached hydrogens (tertiary/aromatic N) is 2. The highest BCUT2D eigenvalue weighted by Crippen LogP contribution is 2.38. The zero-order chi connectivity index (χ0) is 31.4. The molecular weight excluding hydrogens is 585 g/mol. The molecule has 0 spiro atoms. The number of aromatic carboxylic acids is 1. The van der Waals surface area contributed by atoms with Crippen molar-refractivity contribution >= 4 is 44.4 Å². The van der Waals surface area contributed by atoms with E-state index in [0.717, 1.165) is 48.3 Å². The smallest absolute Gasteiger partial charge is 0.348 e. The topological polar surface area (TPSA) is 113 Å². The Kier molecular flexibility index (Phi) is 10.4. The van der Waals surface area contributed by atoms with Gasteiger partial charge in [-0.2, -0.15) is 0 Å². The minimum Gasteiger partial charge on any atom is -0.477 e. The normalized spacial score (nSPS) is 21.0. The van der Waals surface area contributed by atoms with Gasteiger partial charge in [-0.1, -0.05) is 36.1 Å². The molecule has 1 aromatic heterocycles. The lowest BCUT2D eigenvalue weighted by Crippen LogP contribution is -2.46. The number of hydrogen-bond donors (Lipinski definition) is 1. The fourth-order valence-corrected chi connectivity index (χ4v) is 7.01. The summed E-state index contributed by atoms with van der Waals surface area (Å²) >= 11 is 1.13. The Morgan fingerprint density at radius 1 is 1.07 bits per heavy atom. The molecule has 8 nitrogen and oxygen atoms in total. The summed E-state index contributed by atoms with van der Waals surface area (Å²) in [7, 11) is -3.26. The third kappa shape index (κ3) is 8.93. The number of hydrogen-bond acceptors (Lipinski definition) is 7. The van der Waals surface area contributed by atoms with Crippen LogP contribution in [-0.2, 0) is 26.1 Å². The van der Waals surface area contributed by atoms with Crippen LogP contribution in [0, 0.1) is 29.1 Å². The predicted molar refractivity (Wildman–Crippen MR) is 170 cm³/mol. The van der Waals surface area contributed by atoms with Crippen molar-refractivity contribution in [1.29, 1.82) is 0 Å². The molecule has 2 aromatic rings. The first-order valence-electron chi connectivity index (χ1n) is 14.9. The SMILES string of the molecule is CC(C)(C)C#Cc1cc(N(C(=O)[C@H]2CC[C@H](C)CC2)C2CCC(=NOCc3ccc(S(C)(=O)=O)cc3)CC2)c(C(=O)O)s1. The third-order valence-electron chi connectivity index (χ3n) is 8.00. The lowest BCUT2D eigenvalue weighted by atomic mass is 9.81. The van der Waals surface area contributed by atoms with Gasteiger partial charge in [0.15, 0.2) is 9.84 Å². The Bertz CT molecular complexity index is 1510. The minimum atomic E-state index is -3.26. The molecule has 43 heavy (non-hydrogen) atoms. The van der Waals surface area contributed by atoms with E-state index in [0.29, 0.717) is 42.2 Å². The number of thiophene rings is 1. The lowest BCUT2D eigenvalue weighted by molar-refractivity contribution is -0.124. The van der Waals surface area contributed by atoms with E-state index in [9.17, 15) is 23.1 Å². The summed E-state index contributed by atoms with van der Waals surface area (Å²) in [5.74, 6) is 5.77. The Balaban J connectivity index is 1.52. The van der Waals surface area contributed by atoms with E-state index in [1.165, 1.54) is 6.26 Å². The van der Waals surface area contributed by atoms with Crippen LogP contribution in [0.25, 0.3) is 0 Å². The molecule has 1 N–H and O–H groups in total. The van der Waals surface area contributed by atoms with Crippen LogP contribution in [0.5, 0.6) is 0 Å². The Morgan fingerprint density at radius 3 is 2.26 bits per heavy atom. The van der Waals surface area contributed by atoms with Gasteiger partial charge in [0.25, 0.3) is 0 Å². The van der Waals surface area contributed by atoms with Crippen LogP contribution in [0.1, 0.15) is 99.2 Å². The molecule has 0 unspecified atom stereocenters. The number of anilines is 1. The van der Waals surface area contributed by atoms with Gasteiger partial charge < -0.3 is 14.8 Å². The van der Waals surface area contributed by atoms with Crippen LogP contribution in [-0.4, -0.2) is 43.4 Å². The number of amides is 1. The van der Waals surface area contributed by atoms with E-state index in [-0.39, 0.29) is 39.7 Å². The Morgan fingerprint density at radius 2 is 1.70 bits per heavy atom. The van der Waals surface area contributed by atoms with Gasteiger partial charge in [-0.15, -0.1) is 11.3 Å². The number of carboxylic acid groups (broad SMARTS) is 1. The first kappa shape index (κ1) is 32.7. The van der Waals surface area contributed by atoms with Crippen molar-refractivity contribution in [3.05, 3.63) is 45.6 Å². The molecule has 0 bridgehead atoms. The molecule has 1 amide bonds. The van der Waals surface area contributed by atoms with Gasteiger partial charge in [0.1, 0.15) is 11.5 Å². The summed E-state index contributed by atoms with van der Waals surface area (Å²) < 4.78 is 23.4. The van der Waals surface area contributed by atoms with E-state index in [4.69, 9.17) is 4.84 Å². The molecule has 1 heterocycles. The maximum absolute atomic E-state index is 14.1. The van der Waals surface area contributed by atoms with Crippen LogP contribution in [0.15, 0.2) is 40.4 Å². The van der Waals surface area contributed by atoms with Gasteiger partial charge in [-0.3, -0.25) is 4.79 Å². The monoisotopic (exact) mass is 626 g/mol. The largest absolute Gasteiger partial charge is 0.477 e. The fourth-order valence-electron chi connectivity index (χ4n) is 5.54. The van der Waals surface area contributed by atoms with Gasteiger partial charge in [0.05, 0.1) is 21.2 Å². The molecule has 0 atom stereocenters. The maximum Gasteiger partial charge on any atom is 0.348 e. The van der Waals surface area contributed by atoms with Crippen LogP contribution >= 0.6 is 11.3 Å². The van der Waals surface area contributed by atoms with Gasteiger partial charge in [0.2, 0.25) is 5.91 Å². The third-order valence-corrected chi connectivity index (χ3v) is 10.2. The van der Waals surface area contributed by atoms with E-state index in [1.54, 1.807) is 35.2 Å². The van der Waals surface area contributed by atoms with Crippen molar-refractivity contribution in [1.82, 2.24) is 0 Å². The van der Waals surface area contributed by atoms with E-state index >= 15 is 0 Å². The molecule has 2 aliphatic rings. The molecule has 0 saturated heterocycles. The summed E-state index contributed by atoms with van der Waals surface area (Å²) in [6.45, 7) is 8.45. The van der Waals surface area contributed by atoms with Crippen LogP contribution in [0.3, 0.4) is 0 Å². The lowest BCUT2D eigenvalue weighted by Gasteiger charge is -2.38. The van der Waals surface area contributed by atoms with Crippen molar-refractivity contribution in [3.63, 3.8) is 0 Å². The second-order valence-corrected chi connectivity index (χ2v) is 15.9. The summed E-state index contributed by atoms with van der Waals surface area (Å²) in [6, 6.07) is 8.18. The number of rotatable bonds is 8. The average molecular weight is 627 g/mol. The van der Waals surface area contributed by atoms with Crippen LogP contribution in [0.4, 0.5) is 5.69 Å². The van der Waals surface area contributed by atoms with Crippen molar-refractivity contribution in [3.8, 4) is 11.8 Å². The fraction of sp³-hybridized carbons (Fsp3) is 0.545. The van der Waals surface area contributed by atoms with E-state index in [1.807, 2.05) is 20.8 Å². The summed E-state index contributed by atoms with van der Waals surface area (Å²) in [5.41, 5.74) is 1.93. The highest BCUT2D eigenvalue weighted by Gasteiger charge is 2.37. The van der Waals surface area contributed by atoms with Crippen molar-refractivity contribution < 1.29 is 28.0 Å². The number of oxime groups is 1. The van der Waals surface area contributed by atoms with E-state index < -0.39 is 15.8 Å². The minimum absolute atomic E-state index is 0.0155.